The highest BCUT2D eigenvalue weighted by Gasteiger charge is 2.05. The lowest BCUT2D eigenvalue weighted by molar-refractivity contribution is 0.629. The van der Waals surface area contributed by atoms with E-state index in [1.165, 1.54) is 12.1 Å². The summed E-state index contributed by atoms with van der Waals surface area (Å²) in [5.74, 6) is -0.446. The van der Waals surface area contributed by atoms with Crippen molar-refractivity contribution in [2.75, 3.05) is 0 Å². The first-order chi connectivity index (χ1) is 8.10. The van der Waals surface area contributed by atoms with Gasteiger partial charge in [0.1, 0.15) is 5.82 Å². The smallest absolute Gasteiger partial charge is 0.142 e. The van der Waals surface area contributed by atoms with Gasteiger partial charge in [-0.3, -0.25) is 0 Å². The van der Waals surface area contributed by atoms with Gasteiger partial charge in [-0.05, 0) is 47.0 Å². The fourth-order valence-electron chi connectivity index (χ4n) is 1.61. The molecule has 2 aromatic rings. The summed E-state index contributed by atoms with van der Waals surface area (Å²) in [6.07, 6.45) is 0. The van der Waals surface area contributed by atoms with Gasteiger partial charge in [-0.25, -0.2) is 4.39 Å². The summed E-state index contributed by atoms with van der Waals surface area (Å²) in [4.78, 5) is 0. The molecule has 0 saturated heterocycles. The van der Waals surface area contributed by atoms with Crippen LogP contribution in [-0.2, 0) is 6.54 Å². The van der Waals surface area contributed by atoms with E-state index in [-0.39, 0.29) is 17.4 Å². The molecule has 5 heteroatoms. The van der Waals surface area contributed by atoms with Crippen LogP contribution in [-0.4, -0.2) is 0 Å². The summed E-state index contributed by atoms with van der Waals surface area (Å²) in [6.45, 7) is 0.392. The molecule has 0 aliphatic carbocycles. The SMILES string of the molecule is Cl.NCc1cc(Cl)cc(-c2ccc(Cl)c(F)c2)c1. The molecule has 0 bridgehead atoms. The molecule has 0 aromatic heterocycles. The van der Waals surface area contributed by atoms with Gasteiger partial charge in [0.15, 0.2) is 0 Å². The van der Waals surface area contributed by atoms with E-state index in [0.717, 1.165) is 16.7 Å². The van der Waals surface area contributed by atoms with Crippen LogP contribution in [0.25, 0.3) is 11.1 Å². The van der Waals surface area contributed by atoms with Crippen molar-refractivity contribution in [1.29, 1.82) is 0 Å². The highest BCUT2D eigenvalue weighted by molar-refractivity contribution is 6.31. The van der Waals surface area contributed by atoms with Gasteiger partial charge < -0.3 is 5.73 Å². The second-order valence-corrected chi connectivity index (χ2v) is 4.52. The molecular weight excluding hydrogens is 296 g/mol. The number of hydrogen-bond donors (Lipinski definition) is 1. The Kier molecular flexibility index (Phi) is 5.42. The van der Waals surface area contributed by atoms with E-state index in [0.29, 0.717) is 11.6 Å². The Labute approximate surface area is 121 Å². The average molecular weight is 307 g/mol. The Morgan fingerprint density at radius 2 is 1.72 bits per heavy atom. The topological polar surface area (TPSA) is 26.0 Å². The van der Waals surface area contributed by atoms with Gasteiger partial charge in [-0.1, -0.05) is 29.3 Å². The minimum atomic E-state index is -0.446. The highest BCUT2D eigenvalue weighted by Crippen LogP contribution is 2.27. The standard InChI is InChI=1S/C13H10Cl2FN.ClH/c14-11-4-8(7-17)3-10(5-11)9-1-2-12(15)13(16)6-9;/h1-6H,7,17H2;1H. The molecule has 1 nitrogen and oxygen atoms in total. The van der Waals surface area contributed by atoms with E-state index in [4.69, 9.17) is 28.9 Å². The quantitative estimate of drug-likeness (QED) is 0.856. The van der Waals surface area contributed by atoms with Crippen LogP contribution in [0.2, 0.25) is 10.0 Å². The first-order valence-corrected chi connectivity index (χ1v) is 5.80. The van der Waals surface area contributed by atoms with Crippen LogP contribution in [0.3, 0.4) is 0 Å². The Bertz CT molecular complexity index is 558. The molecule has 0 fully saturated rings. The fourth-order valence-corrected chi connectivity index (χ4v) is 1.99. The minimum Gasteiger partial charge on any atom is -0.326 e. The second kappa shape index (κ2) is 6.39. The third-order valence-corrected chi connectivity index (χ3v) is 2.97. The third-order valence-electron chi connectivity index (χ3n) is 2.45. The van der Waals surface area contributed by atoms with Crippen molar-refractivity contribution in [3.63, 3.8) is 0 Å². The monoisotopic (exact) mass is 305 g/mol. The Balaban J connectivity index is 0.00000162. The normalized spacial score (nSPS) is 10.0. The summed E-state index contributed by atoms with van der Waals surface area (Å²) in [5.41, 5.74) is 8.02. The summed E-state index contributed by atoms with van der Waals surface area (Å²) in [5, 5.41) is 0.688. The molecule has 0 saturated carbocycles. The largest absolute Gasteiger partial charge is 0.326 e. The fraction of sp³-hybridized carbons (Fsp3) is 0.0769. The van der Waals surface area contributed by atoms with Gasteiger partial charge in [0.05, 0.1) is 5.02 Å². The maximum atomic E-state index is 13.4. The lowest BCUT2D eigenvalue weighted by Crippen LogP contribution is -1.96. The number of hydrogen-bond acceptors (Lipinski definition) is 1. The molecule has 96 valence electrons. The van der Waals surface area contributed by atoms with Crippen molar-refractivity contribution in [3.05, 3.63) is 57.8 Å². The lowest BCUT2D eigenvalue weighted by atomic mass is 10.0. The van der Waals surface area contributed by atoms with E-state index in [2.05, 4.69) is 0 Å². The molecule has 0 aliphatic heterocycles. The number of halogens is 4. The molecule has 0 unspecified atom stereocenters. The van der Waals surface area contributed by atoms with E-state index in [1.54, 1.807) is 18.2 Å². The first kappa shape index (κ1) is 15.3. The molecule has 2 rings (SSSR count). The molecule has 0 aliphatic rings. The second-order valence-electron chi connectivity index (χ2n) is 3.68. The lowest BCUT2D eigenvalue weighted by Gasteiger charge is -2.06. The van der Waals surface area contributed by atoms with Crippen molar-refractivity contribution < 1.29 is 4.39 Å². The Morgan fingerprint density at radius 3 is 2.33 bits per heavy atom. The van der Waals surface area contributed by atoms with Crippen LogP contribution in [0.15, 0.2) is 36.4 Å². The van der Waals surface area contributed by atoms with Crippen LogP contribution < -0.4 is 5.73 Å². The maximum Gasteiger partial charge on any atom is 0.142 e. The predicted molar refractivity (Wildman–Crippen MR) is 77.0 cm³/mol. The summed E-state index contributed by atoms with van der Waals surface area (Å²) < 4.78 is 13.4. The van der Waals surface area contributed by atoms with Gasteiger partial charge in [0.2, 0.25) is 0 Å². The number of nitrogens with two attached hydrogens (primary N) is 1. The molecule has 0 atom stereocenters. The van der Waals surface area contributed by atoms with E-state index in [9.17, 15) is 4.39 Å². The summed E-state index contributed by atoms with van der Waals surface area (Å²) in [6, 6.07) is 10.1. The zero-order valence-electron chi connectivity index (χ0n) is 9.29. The van der Waals surface area contributed by atoms with E-state index >= 15 is 0 Å². The van der Waals surface area contributed by atoms with Crippen molar-refractivity contribution >= 4 is 35.6 Å². The summed E-state index contributed by atoms with van der Waals surface area (Å²) >= 11 is 11.6. The number of benzene rings is 2. The van der Waals surface area contributed by atoms with Crippen molar-refractivity contribution in [2.45, 2.75) is 6.54 Å². The molecule has 2 N–H and O–H groups in total. The van der Waals surface area contributed by atoms with E-state index < -0.39 is 5.82 Å². The van der Waals surface area contributed by atoms with Crippen LogP contribution in [0, 0.1) is 5.82 Å². The van der Waals surface area contributed by atoms with Crippen LogP contribution in [0.5, 0.6) is 0 Å². The van der Waals surface area contributed by atoms with Gasteiger partial charge in [0.25, 0.3) is 0 Å². The average Bonchev–Trinajstić information content (AvgIpc) is 2.32. The third kappa shape index (κ3) is 3.36. The minimum absolute atomic E-state index is 0. The van der Waals surface area contributed by atoms with E-state index in [1.807, 2.05) is 6.07 Å². The molecule has 0 heterocycles. The molecule has 0 radical (unpaired) electrons. The number of rotatable bonds is 2. The summed E-state index contributed by atoms with van der Waals surface area (Å²) in [7, 11) is 0. The highest BCUT2D eigenvalue weighted by atomic mass is 35.5. The molecule has 2 aromatic carbocycles. The van der Waals surface area contributed by atoms with Crippen LogP contribution in [0.1, 0.15) is 5.56 Å². The maximum absolute atomic E-state index is 13.4. The molecular formula is C13H11Cl3FN. The van der Waals surface area contributed by atoms with Gasteiger partial charge in [-0.15, -0.1) is 12.4 Å². The van der Waals surface area contributed by atoms with Crippen LogP contribution >= 0.6 is 35.6 Å². The zero-order valence-corrected chi connectivity index (χ0v) is 11.6. The molecule has 18 heavy (non-hydrogen) atoms. The van der Waals surface area contributed by atoms with Crippen molar-refractivity contribution in [2.24, 2.45) is 5.73 Å². The predicted octanol–water partition coefficient (Wildman–Crippen LogP) is 4.68. The van der Waals surface area contributed by atoms with Crippen molar-refractivity contribution in [3.8, 4) is 11.1 Å². The molecule has 0 spiro atoms. The van der Waals surface area contributed by atoms with Gasteiger partial charge >= 0.3 is 0 Å². The van der Waals surface area contributed by atoms with Gasteiger partial charge in [-0.2, -0.15) is 0 Å². The molecule has 0 amide bonds. The first-order valence-electron chi connectivity index (χ1n) is 5.05. The van der Waals surface area contributed by atoms with Crippen LogP contribution in [0.4, 0.5) is 4.39 Å². The zero-order chi connectivity index (χ0) is 12.4. The van der Waals surface area contributed by atoms with Crippen molar-refractivity contribution in [1.82, 2.24) is 0 Å². The van der Waals surface area contributed by atoms with Gasteiger partial charge in [0, 0.05) is 11.6 Å². The Hall–Kier alpha value is -0.800. The Morgan fingerprint density at radius 1 is 1.00 bits per heavy atom.